The van der Waals surface area contributed by atoms with Crippen LogP contribution in [0.4, 0.5) is 0 Å². The highest BCUT2D eigenvalue weighted by molar-refractivity contribution is 9.10. The van der Waals surface area contributed by atoms with Gasteiger partial charge >= 0.3 is 0 Å². The van der Waals surface area contributed by atoms with Gasteiger partial charge in [-0.3, -0.25) is 4.68 Å². The Kier molecular flexibility index (Phi) is 4.45. The average Bonchev–Trinajstić information content (AvgIpc) is 2.57. The van der Waals surface area contributed by atoms with Crippen LogP contribution < -0.4 is 4.74 Å². The zero-order chi connectivity index (χ0) is 13.1. The fourth-order valence-corrected chi connectivity index (χ4v) is 2.36. The molecule has 0 spiro atoms. The Morgan fingerprint density at radius 2 is 2.06 bits per heavy atom. The van der Waals surface area contributed by atoms with Crippen molar-refractivity contribution in [1.82, 2.24) is 9.78 Å². The summed E-state index contributed by atoms with van der Waals surface area (Å²) in [5.74, 6) is 0.866. The third-order valence-electron chi connectivity index (χ3n) is 2.66. The monoisotopic (exact) mass is 372 g/mol. The number of rotatable bonds is 4. The first-order valence-electron chi connectivity index (χ1n) is 5.66. The Balaban J connectivity index is 1.94. The Bertz CT molecular complexity index is 552. The molecule has 1 aromatic heterocycles. The molecule has 0 N–H and O–H groups in total. The van der Waals surface area contributed by atoms with E-state index in [9.17, 15) is 0 Å². The second kappa shape index (κ2) is 5.89. The van der Waals surface area contributed by atoms with Crippen molar-refractivity contribution in [3.63, 3.8) is 0 Å². The number of hydrogen-bond donors (Lipinski definition) is 0. The number of hydrogen-bond acceptors (Lipinski definition) is 2. The molecule has 1 heterocycles. The van der Waals surface area contributed by atoms with Gasteiger partial charge in [0, 0.05) is 10.2 Å². The van der Waals surface area contributed by atoms with Crippen LogP contribution in [0.15, 0.2) is 33.2 Å². The lowest BCUT2D eigenvalue weighted by Crippen LogP contribution is -2.10. The van der Waals surface area contributed by atoms with Crippen molar-refractivity contribution >= 4 is 31.9 Å². The van der Waals surface area contributed by atoms with Gasteiger partial charge in [-0.15, -0.1) is 0 Å². The van der Waals surface area contributed by atoms with Crippen LogP contribution in [0.2, 0.25) is 0 Å². The summed E-state index contributed by atoms with van der Waals surface area (Å²) in [4.78, 5) is 0. The molecule has 0 aliphatic heterocycles. The lowest BCUT2D eigenvalue weighted by molar-refractivity contribution is 0.289. The molecule has 0 aliphatic carbocycles. The number of nitrogens with zero attached hydrogens (tertiary/aromatic N) is 2. The molecular formula is C13H14Br2N2O. The maximum absolute atomic E-state index is 5.69. The van der Waals surface area contributed by atoms with E-state index in [-0.39, 0.29) is 0 Å². The summed E-state index contributed by atoms with van der Waals surface area (Å²) in [6.45, 7) is 5.38. The summed E-state index contributed by atoms with van der Waals surface area (Å²) in [7, 11) is 0. The van der Waals surface area contributed by atoms with Crippen LogP contribution in [0.5, 0.6) is 5.75 Å². The van der Waals surface area contributed by atoms with Crippen molar-refractivity contribution in [2.75, 3.05) is 6.61 Å². The molecular weight excluding hydrogens is 360 g/mol. The van der Waals surface area contributed by atoms with Crippen LogP contribution in [-0.4, -0.2) is 16.4 Å². The Morgan fingerprint density at radius 1 is 1.28 bits per heavy atom. The van der Waals surface area contributed by atoms with Crippen LogP contribution in [0.3, 0.4) is 0 Å². The Labute approximate surface area is 123 Å². The number of ether oxygens (including phenoxy) is 1. The molecule has 5 heteroatoms. The standard InChI is InChI=1S/C13H14Br2N2O/c1-9-13(15)10(2)17(16-9)6-7-18-12-5-3-4-11(14)8-12/h3-5,8H,6-7H2,1-2H3. The minimum atomic E-state index is 0.602. The van der Waals surface area contributed by atoms with E-state index in [2.05, 4.69) is 37.0 Å². The maximum Gasteiger partial charge on any atom is 0.120 e. The van der Waals surface area contributed by atoms with Gasteiger partial charge in [-0.1, -0.05) is 22.0 Å². The van der Waals surface area contributed by atoms with Crippen molar-refractivity contribution in [1.29, 1.82) is 0 Å². The van der Waals surface area contributed by atoms with Crippen molar-refractivity contribution in [2.45, 2.75) is 20.4 Å². The molecule has 18 heavy (non-hydrogen) atoms. The van der Waals surface area contributed by atoms with Crippen LogP contribution in [0.1, 0.15) is 11.4 Å². The number of halogens is 2. The molecule has 0 aliphatic rings. The van der Waals surface area contributed by atoms with Gasteiger partial charge < -0.3 is 4.74 Å². The maximum atomic E-state index is 5.69. The summed E-state index contributed by atoms with van der Waals surface area (Å²) < 4.78 is 9.74. The zero-order valence-electron chi connectivity index (χ0n) is 10.3. The largest absolute Gasteiger partial charge is 0.492 e. The van der Waals surface area contributed by atoms with E-state index < -0.39 is 0 Å². The molecule has 3 nitrogen and oxygen atoms in total. The molecule has 0 atom stereocenters. The minimum absolute atomic E-state index is 0.602. The van der Waals surface area contributed by atoms with Crippen LogP contribution >= 0.6 is 31.9 Å². The van der Waals surface area contributed by atoms with Gasteiger partial charge in [-0.25, -0.2) is 0 Å². The predicted molar refractivity (Wildman–Crippen MR) is 79.0 cm³/mol. The molecule has 96 valence electrons. The van der Waals surface area contributed by atoms with E-state index in [1.165, 1.54) is 0 Å². The van der Waals surface area contributed by atoms with Crippen LogP contribution in [-0.2, 0) is 6.54 Å². The van der Waals surface area contributed by atoms with Gasteiger partial charge in [-0.2, -0.15) is 5.10 Å². The second-order valence-electron chi connectivity index (χ2n) is 4.01. The molecule has 2 rings (SSSR count). The van der Waals surface area contributed by atoms with E-state index in [4.69, 9.17) is 4.74 Å². The first-order chi connectivity index (χ1) is 8.58. The summed E-state index contributed by atoms with van der Waals surface area (Å²) in [5.41, 5.74) is 2.14. The number of benzene rings is 1. The highest BCUT2D eigenvalue weighted by Crippen LogP contribution is 2.20. The normalized spacial score (nSPS) is 10.7. The average molecular weight is 374 g/mol. The van der Waals surface area contributed by atoms with Gasteiger partial charge in [0.25, 0.3) is 0 Å². The number of aryl methyl sites for hydroxylation is 1. The van der Waals surface area contributed by atoms with E-state index in [0.717, 1.165) is 32.6 Å². The molecule has 0 radical (unpaired) electrons. The second-order valence-corrected chi connectivity index (χ2v) is 5.72. The number of aromatic nitrogens is 2. The van der Waals surface area contributed by atoms with Crippen LogP contribution in [0.25, 0.3) is 0 Å². The highest BCUT2D eigenvalue weighted by atomic mass is 79.9. The Hall–Kier alpha value is -0.810. The van der Waals surface area contributed by atoms with E-state index in [1.807, 2.05) is 42.8 Å². The molecule has 0 fully saturated rings. The smallest absolute Gasteiger partial charge is 0.120 e. The molecule has 0 saturated heterocycles. The summed E-state index contributed by atoms with van der Waals surface area (Å²) in [6, 6.07) is 7.84. The fraction of sp³-hybridized carbons (Fsp3) is 0.308. The third-order valence-corrected chi connectivity index (χ3v) is 4.30. The summed E-state index contributed by atoms with van der Waals surface area (Å²) in [6.07, 6.45) is 0. The van der Waals surface area contributed by atoms with Gasteiger partial charge in [0.05, 0.1) is 16.7 Å². The first kappa shape index (κ1) is 13.6. The molecule has 1 aromatic carbocycles. The van der Waals surface area contributed by atoms with Gasteiger partial charge in [0.1, 0.15) is 12.4 Å². The summed E-state index contributed by atoms with van der Waals surface area (Å²) >= 11 is 6.94. The van der Waals surface area contributed by atoms with Crippen molar-refractivity contribution in [3.05, 3.63) is 44.6 Å². The molecule has 2 aromatic rings. The SMILES string of the molecule is Cc1nn(CCOc2cccc(Br)c2)c(C)c1Br. The van der Waals surface area contributed by atoms with Crippen molar-refractivity contribution < 1.29 is 4.74 Å². The third kappa shape index (κ3) is 3.14. The van der Waals surface area contributed by atoms with Gasteiger partial charge in [0.15, 0.2) is 0 Å². The van der Waals surface area contributed by atoms with E-state index in [1.54, 1.807) is 0 Å². The minimum Gasteiger partial charge on any atom is -0.492 e. The van der Waals surface area contributed by atoms with Gasteiger partial charge in [0.2, 0.25) is 0 Å². The lowest BCUT2D eigenvalue weighted by atomic mass is 10.3. The Morgan fingerprint density at radius 3 is 2.67 bits per heavy atom. The molecule has 0 saturated carbocycles. The van der Waals surface area contributed by atoms with E-state index >= 15 is 0 Å². The molecule has 0 unspecified atom stereocenters. The van der Waals surface area contributed by atoms with Crippen molar-refractivity contribution in [3.8, 4) is 5.75 Å². The quantitative estimate of drug-likeness (QED) is 0.806. The highest BCUT2D eigenvalue weighted by Gasteiger charge is 2.08. The predicted octanol–water partition coefficient (Wildman–Crippen LogP) is 4.10. The first-order valence-corrected chi connectivity index (χ1v) is 7.24. The van der Waals surface area contributed by atoms with Crippen LogP contribution in [0, 0.1) is 13.8 Å². The molecule has 0 amide bonds. The fourth-order valence-electron chi connectivity index (χ4n) is 1.70. The lowest BCUT2D eigenvalue weighted by Gasteiger charge is -2.08. The summed E-state index contributed by atoms with van der Waals surface area (Å²) in [5, 5.41) is 4.44. The topological polar surface area (TPSA) is 27.1 Å². The van der Waals surface area contributed by atoms with Crippen molar-refractivity contribution in [2.24, 2.45) is 0 Å². The molecule has 0 bridgehead atoms. The van der Waals surface area contributed by atoms with Gasteiger partial charge in [-0.05, 0) is 48.0 Å². The van der Waals surface area contributed by atoms with E-state index in [0.29, 0.717) is 6.61 Å². The zero-order valence-corrected chi connectivity index (χ0v) is 13.5.